The predicted molar refractivity (Wildman–Crippen MR) is 112 cm³/mol. The number of rotatable bonds is 7. The molecule has 1 amide bonds. The Labute approximate surface area is 165 Å². The molecule has 1 aromatic heterocycles. The van der Waals surface area contributed by atoms with Crippen LogP contribution in [-0.4, -0.2) is 34.7 Å². The van der Waals surface area contributed by atoms with E-state index in [1.807, 2.05) is 49.4 Å². The van der Waals surface area contributed by atoms with Gasteiger partial charge in [0, 0.05) is 35.7 Å². The van der Waals surface area contributed by atoms with Crippen LogP contribution in [0, 0.1) is 6.92 Å². The Morgan fingerprint density at radius 3 is 2.39 bits per heavy atom. The van der Waals surface area contributed by atoms with Gasteiger partial charge in [0.1, 0.15) is 0 Å². The number of carbonyl (C=O) groups is 2. The van der Waals surface area contributed by atoms with Gasteiger partial charge in [-0.2, -0.15) is 0 Å². The number of amides is 1. The summed E-state index contributed by atoms with van der Waals surface area (Å²) < 4.78 is 0. The lowest BCUT2D eigenvalue weighted by Crippen LogP contribution is -2.32. The van der Waals surface area contributed by atoms with Crippen LogP contribution in [0.15, 0.2) is 48.5 Å². The number of benzene rings is 2. The summed E-state index contributed by atoms with van der Waals surface area (Å²) in [5, 5.41) is 3.58. The molecular formula is C23H27N3O2. The number of hydrogen-bond donors (Lipinski definition) is 2. The molecule has 0 radical (unpaired) electrons. The molecule has 1 heterocycles. The molecule has 0 aliphatic carbocycles. The highest BCUT2D eigenvalue weighted by Crippen LogP contribution is 2.22. The van der Waals surface area contributed by atoms with Gasteiger partial charge in [-0.3, -0.25) is 14.5 Å². The van der Waals surface area contributed by atoms with Crippen molar-refractivity contribution in [3.8, 4) is 0 Å². The zero-order chi connectivity index (χ0) is 20.3. The molecule has 0 unspecified atom stereocenters. The van der Waals surface area contributed by atoms with Crippen molar-refractivity contribution >= 4 is 22.6 Å². The molecule has 0 aliphatic heterocycles. The van der Waals surface area contributed by atoms with Crippen LogP contribution in [-0.2, 0) is 17.9 Å². The van der Waals surface area contributed by atoms with E-state index in [4.69, 9.17) is 0 Å². The third-order valence-corrected chi connectivity index (χ3v) is 5.19. The summed E-state index contributed by atoms with van der Waals surface area (Å²) in [5.74, 6) is -1.09. The Morgan fingerprint density at radius 1 is 1.04 bits per heavy atom. The monoisotopic (exact) mass is 377 g/mol. The number of H-pyrrole nitrogens is 1. The number of nitrogens with zero attached hydrogens (tertiary/aromatic N) is 1. The van der Waals surface area contributed by atoms with Gasteiger partial charge in [-0.1, -0.05) is 42.5 Å². The summed E-state index contributed by atoms with van der Waals surface area (Å²) in [6.45, 7) is 7.23. The van der Waals surface area contributed by atoms with Gasteiger partial charge in [-0.05, 0) is 45.0 Å². The second kappa shape index (κ2) is 8.40. The first-order chi connectivity index (χ1) is 13.4. The number of para-hydroxylation sites is 1. The summed E-state index contributed by atoms with van der Waals surface area (Å²) in [4.78, 5) is 30.7. The van der Waals surface area contributed by atoms with E-state index in [1.54, 1.807) is 0 Å². The Bertz CT molecular complexity index is 1000. The minimum absolute atomic E-state index is 0.327. The molecule has 0 bridgehead atoms. The van der Waals surface area contributed by atoms with Crippen LogP contribution in [0.3, 0.4) is 0 Å². The number of aromatic nitrogens is 1. The van der Waals surface area contributed by atoms with Crippen molar-refractivity contribution in [2.75, 3.05) is 7.05 Å². The molecule has 28 heavy (non-hydrogen) atoms. The quantitative estimate of drug-likeness (QED) is 0.486. The van der Waals surface area contributed by atoms with E-state index in [-0.39, 0.29) is 0 Å². The van der Waals surface area contributed by atoms with Gasteiger partial charge in [0.25, 0.3) is 11.7 Å². The van der Waals surface area contributed by atoms with Crippen LogP contribution in [0.5, 0.6) is 0 Å². The van der Waals surface area contributed by atoms with Crippen molar-refractivity contribution in [1.29, 1.82) is 0 Å². The molecule has 0 fully saturated rings. The second-order valence-corrected chi connectivity index (χ2v) is 7.46. The zero-order valence-electron chi connectivity index (χ0n) is 16.9. The fourth-order valence-corrected chi connectivity index (χ4v) is 3.27. The molecular weight excluding hydrogens is 350 g/mol. The van der Waals surface area contributed by atoms with Crippen molar-refractivity contribution in [2.45, 2.75) is 39.9 Å². The number of aryl methyl sites for hydroxylation is 1. The minimum atomic E-state index is -0.583. The van der Waals surface area contributed by atoms with Crippen LogP contribution < -0.4 is 5.32 Å². The highest BCUT2D eigenvalue weighted by Gasteiger charge is 2.22. The molecule has 0 aliphatic rings. The van der Waals surface area contributed by atoms with Crippen molar-refractivity contribution in [1.82, 2.24) is 15.2 Å². The summed E-state index contributed by atoms with van der Waals surface area (Å²) in [7, 11) is 2.07. The Hall–Kier alpha value is -2.92. The van der Waals surface area contributed by atoms with Gasteiger partial charge in [0.2, 0.25) is 0 Å². The van der Waals surface area contributed by atoms with Gasteiger partial charge < -0.3 is 10.3 Å². The molecule has 2 aromatic carbocycles. The fraction of sp³-hybridized carbons (Fsp3) is 0.304. The average Bonchev–Trinajstić information content (AvgIpc) is 3.01. The molecule has 146 valence electrons. The predicted octanol–water partition coefficient (Wildman–Crippen LogP) is 3.82. The van der Waals surface area contributed by atoms with Gasteiger partial charge in [0.05, 0.1) is 5.56 Å². The van der Waals surface area contributed by atoms with Crippen LogP contribution in [0.1, 0.15) is 41.0 Å². The van der Waals surface area contributed by atoms with Gasteiger partial charge >= 0.3 is 0 Å². The molecule has 3 aromatic rings. The number of fused-ring (bicyclic) bond motifs is 1. The number of hydrogen-bond acceptors (Lipinski definition) is 3. The lowest BCUT2D eigenvalue weighted by atomic mass is 10.0. The van der Waals surface area contributed by atoms with E-state index in [1.165, 1.54) is 0 Å². The maximum absolute atomic E-state index is 12.8. The first kappa shape index (κ1) is 19.8. The van der Waals surface area contributed by atoms with E-state index in [0.717, 1.165) is 28.6 Å². The van der Waals surface area contributed by atoms with Gasteiger partial charge in [0.15, 0.2) is 0 Å². The standard InChI is InChI=1S/C23H27N3O2/c1-15(2)26(4)14-18-10-6-5-9-17(18)13-24-23(28)22(27)21-16(3)25-20-12-8-7-11-19(20)21/h5-12,15,25H,13-14H2,1-4H3,(H,24,28). The first-order valence-corrected chi connectivity index (χ1v) is 9.55. The largest absolute Gasteiger partial charge is 0.358 e. The van der Waals surface area contributed by atoms with Crippen molar-refractivity contribution < 1.29 is 9.59 Å². The average molecular weight is 377 g/mol. The van der Waals surface area contributed by atoms with Gasteiger partial charge in [-0.15, -0.1) is 0 Å². The lowest BCUT2D eigenvalue weighted by Gasteiger charge is -2.22. The molecule has 0 atom stereocenters. The fourth-order valence-electron chi connectivity index (χ4n) is 3.27. The van der Waals surface area contributed by atoms with E-state index in [0.29, 0.717) is 23.8 Å². The zero-order valence-corrected chi connectivity index (χ0v) is 16.9. The third kappa shape index (κ3) is 4.15. The number of ketones is 1. The topological polar surface area (TPSA) is 65.2 Å². The third-order valence-electron chi connectivity index (χ3n) is 5.19. The summed E-state index contributed by atoms with van der Waals surface area (Å²) in [6.07, 6.45) is 0. The van der Waals surface area contributed by atoms with Crippen molar-refractivity contribution in [2.24, 2.45) is 0 Å². The summed E-state index contributed by atoms with van der Waals surface area (Å²) >= 11 is 0. The SMILES string of the molecule is Cc1[nH]c2ccccc2c1C(=O)C(=O)NCc1ccccc1CN(C)C(C)C. The normalized spacial score (nSPS) is 11.4. The van der Waals surface area contributed by atoms with Crippen LogP contribution in [0.25, 0.3) is 10.9 Å². The van der Waals surface area contributed by atoms with Crippen LogP contribution in [0.4, 0.5) is 0 Å². The number of aromatic amines is 1. The maximum Gasteiger partial charge on any atom is 0.292 e. The lowest BCUT2D eigenvalue weighted by molar-refractivity contribution is -0.117. The Morgan fingerprint density at radius 2 is 1.68 bits per heavy atom. The van der Waals surface area contributed by atoms with E-state index in [2.05, 4.69) is 42.2 Å². The van der Waals surface area contributed by atoms with Crippen LogP contribution in [0.2, 0.25) is 0 Å². The van der Waals surface area contributed by atoms with E-state index < -0.39 is 11.7 Å². The first-order valence-electron chi connectivity index (χ1n) is 9.55. The molecule has 2 N–H and O–H groups in total. The molecule has 3 rings (SSSR count). The molecule has 5 nitrogen and oxygen atoms in total. The van der Waals surface area contributed by atoms with Crippen molar-refractivity contribution in [3.63, 3.8) is 0 Å². The molecule has 0 saturated heterocycles. The van der Waals surface area contributed by atoms with Crippen molar-refractivity contribution in [3.05, 3.63) is 70.9 Å². The number of nitrogens with one attached hydrogen (secondary N) is 2. The highest BCUT2D eigenvalue weighted by atomic mass is 16.2. The highest BCUT2D eigenvalue weighted by molar-refractivity contribution is 6.45. The molecule has 0 spiro atoms. The molecule has 5 heteroatoms. The number of Topliss-reactive ketones (excluding diaryl/α,β-unsaturated/α-hetero) is 1. The minimum Gasteiger partial charge on any atom is -0.358 e. The summed E-state index contributed by atoms with van der Waals surface area (Å²) in [6, 6.07) is 15.9. The van der Waals surface area contributed by atoms with Crippen LogP contribution >= 0.6 is 0 Å². The van der Waals surface area contributed by atoms with Gasteiger partial charge in [-0.25, -0.2) is 0 Å². The number of carbonyl (C=O) groups excluding carboxylic acids is 2. The smallest absolute Gasteiger partial charge is 0.292 e. The Kier molecular flexibility index (Phi) is 5.95. The van der Waals surface area contributed by atoms with E-state index in [9.17, 15) is 9.59 Å². The molecule has 0 saturated carbocycles. The summed E-state index contributed by atoms with van der Waals surface area (Å²) in [5.41, 5.74) is 4.18. The maximum atomic E-state index is 12.8. The Balaban J connectivity index is 1.74. The second-order valence-electron chi connectivity index (χ2n) is 7.46. The van der Waals surface area contributed by atoms with E-state index >= 15 is 0 Å².